The number of carbonyl (C=O) groups is 5. The van der Waals surface area contributed by atoms with Gasteiger partial charge in [0, 0.05) is 106 Å². The number of piperazine rings is 1. The van der Waals surface area contributed by atoms with E-state index in [1.54, 1.807) is 19.4 Å². The third-order valence-corrected chi connectivity index (χ3v) is 14.6. The minimum Gasteiger partial charge on any atom is -0.494 e. The first kappa shape index (κ1) is 44.7. The van der Waals surface area contributed by atoms with Crippen molar-refractivity contribution in [3.05, 3.63) is 96.8 Å². The van der Waals surface area contributed by atoms with E-state index >= 15 is 0 Å². The highest BCUT2D eigenvalue weighted by atomic mass is 16.5. The number of methoxy groups -OCH3 is 1. The lowest BCUT2D eigenvalue weighted by Crippen LogP contribution is -2.55. The zero-order valence-corrected chi connectivity index (χ0v) is 38.7. The Bertz CT molecular complexity index is 2820. The van der Waals surface area contributed by atoms with Crippen molar-refractivity contribution < 1.29 is 28.7 Å². The minimum atomic E-state index is -0.978. The van der Waals surface area contributed by atoms with Crippen LogP contribution >= 0.6 is 0 Å². The number of likely N-dealkylation sites (N-methyl/N-ethyl adjacent to an activating group) is 1. The lowest BCUT2D eigenvalue weighted by molar-refractivity contribution is -0.136. The number of piperidine rings is 2. The van der Waals surface area contributed by atoms with Gasteiger partial charge in [0.1, 0.15) is 11.8 Å². The molecular formula is C51H57N11O6. The molecule has 352 valence electrons. The van der Waals surface area contributed by atoms with E-state index in [1.807, 2.05) is 56.6 Å². The van der Waals surface area contributed by atoms with Crippen LogP contribution in [0.5, 0.6) is 5.75 Å². The zero-order chi connectivity index (χ0) is 47.2. The van der Waals surface area contributed by atoms with Crippen LogP contribution in [0, 0.1) is 5.92 Å². The van der Waals surface area contributed by atoms with Crippen LogP contribution in [0.3, 0.4) is 0 Å². The van der Waals surface area contributed by atoms with Crippen LogP contribution in [-0.2, 0) is 21.4 Å². The van der Waals surface area contributed by atoms with Crippen LogP contribution < -0.4 is 30.5 Å². The van der Waals surface area contributed by atoms with Crippen LogP contribution in [0.25, 0.3) is 22.2 Å². The van der Waals surface area contributed by atoms with E-state index in [-0.39, 0.29) is 24.7 Å². The molecule has 0 aliphatic carbocycles. The van der Waals surface area contributed by atoms with Gasteiger partial charge in [-0.05, 0) is 93.6 Å². The van der Waals surface area contributed by atoms with E-state index < -0.39 is 23.8 Å². The number of para-hydroxylation sites is 1. The van der Waals surface area contributed by atoms with Gasteiger partial charge in [-0.1, -0.05) is 24.8 Å². The molecule has 5 aliphatic heterocycles. The van der Waals surface area contributed by atoms with Crippen LogP contribution in [0.2, 0.25) is 0 Å². The quantitative estimate of drug-likeness (QED) is 0.0953. The molecule has 5 aliphatic rings. The SMILES string of the molecule is C=CC(=O)Nc1cc(Nc2nccc(-c3cn(C)c4ccccc34)n2)c(OC)cc1N(C)CCN1CCC(CN2C3CCC2CN(c2ccc4c(c2)C(=O)N(C2CCC(=O)NC2=O)C4=O)C3)CC1. The lowest BCUT2D eigenvalue weighted by Gasteiger charge is -2.44. The van der Waals surface area contributed by atoms with E-state index in [1.165, 1.54) is 6.08 Å². The number of likely N-dealkylation sites (tertiary alicyclic amines) is 1. The molecule has 17 heteroatoms. The summed E-state index contributed by atoms with van der Waals surface area (Å²) in [6.45, 7) is 10.1. The van der Waals surface area contributed by atoms with E-state index in [0.29, 0.717) is 52.2 Å². The van der Waals surface area contributed by atoms with Gasteiger partial charge in [0.05, 0.1) is 41.0 Å². The number of benzene rings is 3. The number of hydrogen-bond acceptors (Lipinski definition) is 13. The van der Waals surface area contributed by atoms with Gasteiger partial charge in [-0.2, -0.15) is 0 Å². The fraction of sp³-hybridized carbons (Fsp3) is 0.392. The summed E-state index contributed by atoms with van der Waals surface area (Å²) in [5, 5.41) is 9.71. The van der Waals surface area contributed by atoms with Gasteiger partial charge < -0.3 is 34.6 Å². The number of hydrogen-bond donors (Lipinski definition) is 3. The molecule has 0 radical (unpaired) electrons. The van der Waals surface area contributed by atoms with Crippen molar-refractivity contribution in [3.63, 3.8) is 0 Å². The van der Waals surface area contributed by atoms with Crippen molar-refractivity contribution in [2.75, 3.05) is 80.4 Å². The monoisotopic (exact) mass is 919 g/mol. The first-order chi connectivity index (χ1) is 33.0. The van der Waals surface area contributed by atoms with Crippen LogP contribution in [0.15, 0.2) is 85.7 Å². The highest BCUT2D eigenvalue weighted by Crippen LogP contribution is 2.40. The van der Waals surface area contributed by atoms with Gasteiger partial charge in [0.25, 0.3) is 11.8 Å². The Kier molecular flexibility index (Phi) is 12.2. The van der Waals surface area contributed by atoms with Crippen LogP contribution in [0.1, 0.15) is 59.2 Å². The van der Waals surface area contributed by atoms with Crippen molar-refractivity contribution in [2.24, 2.45) is 13.0 Å². The van der Waals surface area contributed by atoms with Gasteiger partial charge in [-0.3, -0.25) is 39.1 Å². The van der Waals surface area contributed by atoms with E-state index in [0.717, 1.165) is 110 Å². The molecule has 68 heavy (non-hydrogen) atoms. The normalized spacial score (nSPS) is 21.0. The summed E-state index contributed by atoms with van der Waals surface area (Å²) in [5.74, 6) is -0.698. The zero-order valence-electron chi connectivity index (χ0n) is 38.7. The lowest BCUT2D eigenvalue weighted by atomic mass is 9.95. The summed E-state index contributed by atoms with van der Waals surface area (Å²) in [5.41, 5.74) is 6.46. The molecule has 17 nitrogen and oxygen atoms in total. The molecular weight excluding hydrogens is 863 g/mol. The molecule has 4 fully saturated rings. The predicted octanol–water partition coefficient (Wildman–Crippen LogP) is 5.41. The van der Waals surface area contributed by atoms with Gasteiger partial charge >= 0.3 is 0 Å². The molecule has 0 spiro atoms. The van der Waals surface area contributed by atoms with E-state index in [2.05, 4.69) is 70.0 Å². The molecule has 4 saturated heterocycles. The number of aryl methyl sites for hydroxylation is 1. The molecule has 5 amide bonds. The molecule has 2 bridgehead atoms. The Morgan fingerprint density at radius 3 is 2.44 bits per heavy atom. The molecule has 3 aromatic carbocycles. The number of ether oxygens (including phenoxy) is 1. The molecule has 3 N–H and O–H groups in total. The highest BCUT2D eigenvalue weighted by molar-refractivity contribution is 6.23. The highest BCUT2D eigenvalue weighted by Gasteiger charge is 2.46. The van der Waals surface area contributed by atoms with Gasteiger partial charge in [-0.15, -0.1) is 0 Å². The molecule has 3 unspecified atom stereocenters. The Balaban J connectivity index is 0.742. The number of nitrogens with one attached hydrogen (secondary N) is 3. The first-order valence-electron chi connectivity index (χ1n) is 23.6. The minimum absolute atomic E-state index is 0.0908. The van der Waals surface area contributed by atoms with Crippen molar-refractivity contribution in [1.82, 2.24) is 34.6 Å². The second kappa shape index (κ2) is 18.5. The summed E-state index contributed by atoms with van der Waals surface area (Å²) in [6, 6.07) is 19.2. The van der Waals surface area contributed by atoms with E-state index in [9.17, 15) is 24.0 Å². The van der Waals surface area contributed by atoms with Gasteiger partial charge in [-0.25, -0.2) is 9.97 Å². The Labute approximate surface area is 395 Å². The second-order valence-electron chi connectivity index (χ2n) is 18.7. The average molecular weight is 920 g/mol. The number of amides is 5. The third-order valence-electron chi connectivity index (χ3n) is 14.6. The Morgan fingerprint density at radius 1 is 0.926 bits per heavy atom. The molecule has 0 saturated carbocycles. The van der Waals surface area contributed by atoms with Crippen molar-refractivity contribution >= 4 is 69.1 Å². The van der Waals surface area contributed by atoms with E-state index in [4.69, 9.17) is 9.72 Å². The number of anilines is 5. The summed E-state index contributed by atoms with van der Waals surface area (Å²) in [7, 11) is 5.67. The maximum absolute atomic E-state index is 13.5. The van der Waals surface area contributed by atoms with Crippen LogP contribution in [-0.4, -0.2) is 137 Å². The molecule has 10 rings (SSSR count). The standard InChI is InChI=1S/C51H57N11O6/c1-5-46(63)53-40-25-41(55-51-52-19-16-39(54-51)38-30-58(3)42-9-7-6-8-35(38)42)45(68-4)26-44(40)57(2)22-23-59-20-17-31(18-21-59)27-61-33-10-11-34(61)29-60(28-33)32-12-13-36-37(24-32)50(67)62(49(36)66)43-14-15-47(64)56-48(43)65/h5-9,12-13,16,19,24-26,30-31,33-34,43H,1,10-11,14-15,17-18,20-23,27-29H2,2-4H3,(H,53,63)(H,52,54,55)(H,56,64,65). The number of fused-ring (bicyclic) bond motifs is 4. The largest absolute Gasteiger partial charge is 0.494 e. The summed E-state index contributed by atoms with van der Waals surface area (Å²) < 4.78 is 7.98. The summed E-state index contributed by atoms with van der Waals surface area (Å²) >= 11 is 0. The molecule has 3 atom stereocenters. The third kappa shape index (κ3) is 8.55. The number of imide groups is 2. The fourth-order valence-electron chi connectivity index (χ4n) is 10.9. The molecule has 2 aromatic heterocycles. The predicted molar refractivity (Wildman–Crippen MR) is 260 cm³/mol. The second-order valence-corrected chi connectivity index (χ2v) is 18.7. The Hall–Kier alpha value is -7.11. The average Bonchev–Trinajstić information content (AvgIpc) is 3.89. The summed E-state index contributed by atoms with van der Waals surface area (Å²) in [4.78, 5) is 84.0. The van der Waals surface area contributed by atoms with Crippen molar-refractivity contribution in [3.8, 4) is 17.0 Å². The Morgan fingerprint density at radius 2 is 1.69 bits per heavy atom. The maximum Gasteiger partial charge on any atom is 0.262 e. The number of nitrogens with zero attached hydrogens (tertiary/aromatic N) is 8. The first-order valence-corrected chi connectivity index (χ1v) is 23.6. The van der Waals surface area contributed by atoms with Crippen molar-refractivity contribution in [1.29, 1.82) is 0 Å². The molecule has 5 aromatic rings. The number of carbonyl (C=O) groups excluding carboxylic acids is 5. The van der Waals surface area contributed by atoms with Crippen LogP contribution in [0.4, 0.5) is 28.7 Å². The topological polar surface area (TPSA) is 178 Å². The number of rotatable bonds is 14. The number of aromatic nitrogens is 3. The fourth-order valence-corrected chi connectivity index (χ4v) is 10.9. The molecule has 7 heterocycles. The van der Waals surface area contributed by atoms with Gasteiger partial charge in [0.2, 0.25) is 23.7 Å². The maximum atomic E-state index is 13.5. The van der Waals surface area contributed by atoms with Crippen molar-refractivity contribution in [2.45, 2.75) is 56.7 Å². The summed E-state index contributed by atoms with van der Waals surface area (Å²) in [6.07, 6.45) is 9.77. The smallest absolute Gasteiger partial charge is 0.262 e. The van der Waals surface area contributed by atoms with Gasteiger partial charge in [0.15, 0.2) is 0 Å².